The number of ether oxygens (including phenoxy) is 1. The maximum atomic E-state index is 12.1. The molecule has 2 N–H and O–H groups in total. The highest BCUT2D eigenvalue weighted by atomic mass is 19.4. The number of alkyl halides is 3. The SMILES string of the molecule is CC(OCC(O)CNC(C)(C)C)C(F)(F)F. The average Bonchev–Trinajstić information content (AvgIpc) is 2.08. The second kappa shape index (κ2) is 5.84. The Morgan fingerprint density at radius 2 is 1.75 bits per heavy atom. The van der Waals surface area contributed by atoms with Gasteiger partial charge in [-0.3, -0.25) is 0 Å². The predicted octanol–water partition coefficient (Wildman–Crippen LogP) is 1.70. The average molecular weight is 243 g/mol. The summed E-state index contributed by atoms with van der Waals surface area (Å²) >= 11 is 0. The molecule has 16 heavy (non-hydrogen) atoms. The van der Waals surface area contributed by atoms with Crippen molar-refractivity contribution in [3.63, 3.8) is 0 Å². The molecule has 0 bridgehead atoms. The lowest BCUT2D eigenvalue weighted by molar-refractivity contribution is -0.219. The lowest BCUT2D eigenvalue weighted by Crippen LogP contribution is -2.43. The lowest BCUT2D eigenvalue weighted by atomic mass is 10.1. The molecule has 0 aromatic rings. The molecule has 3 nitrogen and oxygen atoms in total. The van der Waals surface area contributed by atoms with Gasteiger partial charge in [-0.1, -0.05) is 0 Å². The van der Waals surface area contributed by atoms with E-state index in [9.17, 15) is 18.3 Å². The van der Waals surface area contributed by atoms with Crippen LogP contribution in [0.25, 0.3) is 0 Å². The van der Waals surface area contributed by atoms with Gasteiger partial charge < -0.3 is 15.2 Å². The van der Waals surface area contributed by atoms with Gasteiger partial charge in [-0.2, -0.15) is 13.2 Å². The number of halogens is 3. The first-order valence-electron chi connectivity index (χ1n) is 5.14. The van der Waals surface area contributed by atoms with Gasteiger partial charge in [-0.25, -0.2) is 0 Å². The Morgan fingerprint density at radius 1 is 1.25 bits per heavy atom. The fraction of sp³-hybridized carbons (Fsp3) is 1.00. The summed E-state index contributed by atoms with van der Waals surface area (Å²) in [5.74, 6) is 0. The van der Waals surface area contributed by atoms with Crippen molar-refractivity contribution in [3.05, 3.63) is 0 Å². The summed E-state index contributed by atoms with van der Waals surface area (Å²) in [6.45, 7) is 6.50. The second-order valence-corrected chi connectivity index (χ2v) is 4.80. The van der Waals surface area contributed by atoms with Crippen molar-refractivity contribution in [1.29, 1.82) is 0 Å². The van der Waals surface area contributed by atoms with Crippen molar-refractivity contribution in [2.24, 2.45) is 0 Å². The minimum atomic E-state index is -4.38. The lowest BCUT2D eigenvalue weighted by Gasteiger charge is -2.24. The Balaban J connectivity index is 3.78. The predicted molar refractivity (Wildman–Crippen MR) is 55.2 cm³/mol. The van der Waals surface area contributed by atoms with Gasteiger partial charge in [0.1, 0.15) is 0 Å². The van der Waals surface area contributed by atoms with Crippen LogP contribution in [-0.2, 0) is 4.74 Å². The van der Waals surface area contributed by atoms with E-state index in [-0.39, 0.29) is 18.7 Å². The minimum absolute atomic E-state index is 0.184. The summed E-state index contributed by atoms with van der Waals surface area (Å²) in [6.07, 6.45) is -7.17. The maximum absolute atomic E-state index is 12.1. The summed E-state index contributed by atoms with van der Waals surface area (Å²) in [6, 6.07) is 0. The molecule has 0 aromatic carbocycles. The topological polar surface area (TPSA) is 41.5 Å². The summed E-state index contributed by atoms with van der Waals surface area (Å²) in [5, 5.41) is 12.3. The van der Waals surface area contributed by atoms with Gasteiger partial charge >= 0.3 is 6.18 Å². The van der Waals surface area contributed by atoms with Crippen molar-refractivity contribution in [2.45, 2.75) is 51.6 Å². The summed E-state index contributed by atoms with van der Waals surface area (Å²) in [5.41, 5.74) is -0.184. The third-order valence-corrected chi connectivity index (χ3v) is 1.87. The van der Waals surface area contributed by atoms with Crippen molar-refractivity contribution in [2.75, 3.05) is 13.2 Å². The molecule has 0 heterocycles. The van der Waals surface area contributed by atoms with E-state index < -0.39 is 18.4 Å². The van der Waals surface area contributed by atoms with E-state index in [1.807, 2.05) is 20.8 Å². The van der Waals surface area contributed by atoms with Gasteiger partial charge in [0.05, 0.1) is 12.7 Å². The van der Waals surface area contributed by atoms with Crippen LogP contribution in [0.15, 0.2) is 0 Å². The highest BCUT2D eigenvalue weighted by Gasteiger charge is 2.37. The number of rotatable bonds is 5. The van der Waals surface area contributed by atoms with E-state index in [1.165, 1.54) is 0 Å². The van der Waals surface area contributed by atoms with Crippen LogP contribution in [0.1, 0.15) is 27.7 Å². The smallest absolute Gasteiger partial charge is 0.389 e. The molecule has 98 valence electrons. The summed E-state index contributed by atoms with van der Waals surface area (Å²) < 4.78 is 40.7. The molecular weight excluding hydrogens is 223 g/mol. The van der Waals surface area contributed by atoms with E-state index in [2.05, 4.69) is 10.1 Å². The molecule has 0 aliphatic rings. The molecular formula is C10H20F3NO2. The summed E-state index contributed by atoms with van der Waals surface area (Å²) in [7, 11) is 0. The van der Waals surface area contributed by atoms with Gasteiger partial charge in [-0.05, 0) is 27.7 Å². The number of aliphatic hydroxyl groups excluding tert-OH is 1. The van der Waals surface area contributed by atoms with Crippen LogP contribution in [0, 0.1) is 0 Å². The monoisotopic (exact) mass is 243 g/mol. The first kappa shape index (κ1) is 15.7. The molecule has 2 unspecified atom stereocenters. The van der Waals surface area contributed by atoms with E-state index in [0.29, 0.717) is 0 Å². The zero-order valence-electron chi connectivity index (χ0n) is 10.1. The van der Waals surface area contributed by atoms with Gasteiger partial charge in [-0.15, -0.1) is 0 Å². The van der Waals surface area contributed by atoms with Crippen molar-refractivity contribution in [3.8, 4) is 0 Å². The minimum Gasteiger partial charge on any atom is -0.389 e. The fourth-order valence-electron chi connectivity index (χ4n) is 0.833. The van der Waals surface area contributed by atoms with E-state index in [1.54, 1.807) is 0 Å². The molecule has 2 atom stereocenters. The number of hydrogen-bond acceptors (Lipinski definition) is 3. The molecule has 0 radical (unpaired) electrons. The Hall–Kier alpha value is -0.330. The van der Waals surface area contributed by atoms with Crippen molar-refractivity contribution < 1.29 is 23.0 Å². The molecule has 6 heteroatoms. The molecule has 0 saturated carbocycles. The second-order valence-electron chi connectivity index (χ2n) is 4.80. The number of β-amino-alcohol motifs (C(OH)–C–C–N with tert-alkyl or cyclic N) is 1. The zero-order valence-corrected chi connectivity index (χ0v) is 10.1. The van der Waals surface area contributed by atoms with Crippen LogP contribution in [-0.4, -0.2) is 42.2 Å². The first-order chi connectivity index (χ1) is 7.02. The van der Waals surface area contributed by atoms with Crippen LogP contribution in [0.2, 0.25) is 0 Å². The molecule has 0 amide bonds. The highest BCUT2D eigenvalue weighted by molar-refractivity contribution is 4.73. The standard InChI is InChI=1S/C10H20F3NO2/c1-7(10(11,12)13)16-6-8(15)5-14-9(2,3)4/h7-8,14-15H,5-6H2,1-4H3. The fourth-order valence-corrected chi connectivity index (χ4v) is 0.833. The van der Waals surface area contributed by atoms with E-state index in [4.69, 9.17) is 0 Å². The van der Waals surface area contributed by atoms with Crippen molar-refractivity contribution >= 4 is 0 Å². The van der Waals surface area contributed by atoms with Crippen LogP contribution >= 0.6 is 0 Å². The molecule has 0 spiro atoms. The van der Waals surface area contributed by atoms with E-state index in [0.717, 1.165) is 6.92 Å². The largest absolute Gasteiger partial charge is 0.414 e. The number of hydrogen-bond donors (Lipinski definition) is 2. The number of nitrogens with one attached hydrogen (secondary N) is 1. The Labute approximate surface area is 94.0 Å². The van der Waals surface area contributed by atoms with Gasteiger partial charge in [0.2, 0.25) is 0 Å². The third-order valence-electron chi connectivity index (χ3n) is 1.87. The van der Waals surface area contributed by atoms with Gasteiger partial charge in [0, 0.05) is 12.1 Å². The zero-order chi connectivity index (χ0) is 13.0. The molecule has 0 saturated heterocycles. The molecule has 0 aliphatic heterocycles. The Morgan fingerprint density at radius 3 is 2.12 bits per heavy atom. The maximum Gasteiger partial charge on any atom is 0.414 e. The van der Waals surface area contributed by atoms with E-state index >= 15 is 0 Å². The normalized spacial score (nSPS) is 17.2. The Kier molecular flexibility index (Phi) is 5.72. The Bertz CT molecular complexity index is 201. The summed E-state index contributed by atoms with van der Waals surface area (Å²) in [4.78, 5) is 0. The first-order valence-corrected chi connectivity index (χ1v) is 5.14. The molecule has 0 fully saturated rings. The molecule has 0 rings (SSSR count). The number of aliphatic hydroxyl groups is 1. The van der Waals surface area contributed by atoms with Gasteiger partial charge in [0.15, 0.2) is 6.10 Å². The molecule has 0 aromatic heterocycles. The third kappa shape index (κ3) is 7.90. The highest BCUT2D eigenvalue weighted by Crippen LogP contribution is 2.22. The van der Waals surface area contributed by atoms with Crippen LogP contribution in [0.5, 0.6) is 0 Å². The van der Waals surface area contributed by atoms with Crippen LogP contribution in [0.4, 0.5) is 13.2 Å². The molecule has 0 aliphatic carbocycles. The van der Waals surface area contributed by atoms with Crippen LogP contribution < -0.4 is 5.32 Å². The van der Waals surface area contributed by atoms with Crippen molar-refractivity contribution in [1.82, 2.24) is 5.32 Å². The quantitative estimate of drug-likeness (QED) is 0.772. The van der Waals surface area contributed by atoms with Crippen LogP contribution in [0.3, 0.4) is 0 Å². The van der Waals surface area contributed by atoms with Gasteiger partial charge in [0.25, 0.3) is 0 Å².